The van der Waals surface area contributed by atoms with Gasteiger partial charge in [-0.15, -0.1) is 0 Å². The third-order valence-corrected chi connectivity index (χ3v) is 7.05. The second kappa shape index (κ2) is 13.5. The van der Waals surface area contributed by atoms with Crippen LogP contribution in [0.5, 0.6) is 11.5 Å². The summed E-state index contributed by atoms with van der Waals surface area (Å²) in [5.41, 5.74) is 0.934. The second-order valence-electron chi connectivity index (χ2n) is 9.02. The van der Waals surface area contributed by atoms with E-state index in [0.29, 0.717) is 23.7 Å². The van der Waals surface area contributed by atoms with Crippen LogP contribution in [0, 0.1) is 5.92 Å². The predicted molar refractivity (Wildman–Crippen MR) is 146 cm³/mol. The van der Waals surface area contributed by atoms with E-state index in [1.54, 1.807) is 30.3 Å². The van der Waals surface area contributed by atoms with Crippen molar-refractivity contribution in [3.63, 3.8) is 0 Å². The van der Waals surface area contributed by atoms with Crippen LogP contribution in [-0.2, 0) is 26.2 Å². The number of sulfonamides is 1. The van der Waals surface area contributed by atoms with Crippen LogP contribution in [0.25, 0.3) is 0 Å². The van der Waals surface area contributed by atoms with Crippen LogP contribution in [-0.4, -0.2) is 64.7 Å². The van der Waals surface area contributed by atoms with E-state index < -0.39 is 28.5 Å². The number of carbonyl (C=O) groups excluding carboxylic acids is 2. The van der Waals surface area contributed by atoms with Crippen molar-refractivity contribution in [3.8, 4) is 11.5 Å². The molecule has 0 aliphatic carbocycles. The van der Waals surface area contributed by atoms with Crippen LogP contribution < -0.4 is 19.1 Å². The number of nitrogens with one attached hydrogen (secondary N) is 1. The van der Waals surface area contributed by atoms with Gasteiger partial charge in [0.25, 0.3) is 0 Å². The first-order chi connectivity index (χ1) is 17.4. The van der Waals surface area contributed by atoms with E-state index >= 15 is 0 Å². The molecule has 2 aromatic rings. The summed E-state index contributed by atoms with van der Waals surface area (Å²) >= 11 is 6.02. The van der Waals surface area contributed by atoms with Crippen molar-refractivity contribution in [3.05, 3.63) is 53.1 Å². The van der Waals surface area contributed by atoms with Crippen molar-refractivity contribution in [1.82, 2.24) is 10.2 Å². The third-order valence-electron chi connectivity index (χ3n) is 5.67. The molecule has 0 heterocycles. The van der Waals surface area contributed by atoms with Crippen molar-refractivity contribution < 1.29 is 27.5 Å². The van der Waals surface area contributed by atoms with E-state index in [4.69, 9.17) is 21.1 Å². The van der Waals surface area contributed by atoms with Gasteiger partial charge >= 0.3 is 0 Å². The number of hydrogen-bond acceptors (Lipinski definition) is 6. The minimum Gasteiger partial charge on any atom is -0.497 e. The maximum Gasteiger partial charge on any atom is 0.244 e. The zero-order valence-corrected chi connectivity index (χ0v) is 23.7. The number of amides is 2. The summed E-state index contributed by atoms with van der Waals surface area (Å²) in [5.74, 6) is 0.0857. The first kappa shape index (κ1) is 30.2. The summed E-state index contributed by atoms with van der Waals surface area (Å²) in [6.45, 7) is 5.79. The predicted octanol–water partition coefficient (Wildman–Crippen LogP) is 3.70. The Kier molecular flexibility index (Phi) is 11.1. The van der Waals surface area contributed by atoms with E-state index in [1.165, 1.54) is 31.3 Å². The molecule has 204 valence electrons. The first-order valence-corrected chi connectivity index (χ1v) is 14.1. The average molecular weight is 554 g/mol. The topological polar surface area (TPSA) is 105 Å². The van der Waals surface area contributed by atoms with Gasteiger partial charge in [-0.05, 0) is 42.2 Å². The summed E-state index contributed by atoms with van der Waals surface area (Å²) in [7, 11) is -1.02. The number of ether oxygens (including phenoxy) is 2. The number of anilines is 1. The summed E-state index contributed by atoms with van der Waals surface area (Å²) in [6.07, 6.45) is 1.36. The molecule has 0 aliphatic heterocycles. The molecule has 1 atom stereocenters. The lowest BCUT2D eigenvalue weighted by Gasteiger charge is -2.33. The molecular formula is C26H36ClN3O6S. The normalized spacial score (nSPS) is 12.1. The van der Waals surface area contributed by atoms with Crippen LogP contribution in [0.2, 0.25) is 5.02 Å². The highest BCUT2D eigenvalue weighted by Crippen LogP contribution is 2.33. The molecule has 2 rings (SSSR count). The van der Waals surface area contributed by atoms with Gasteiger partial charge in [0.05, 0.1) is 26.2 Å². The number of methoxy groups -OCH3 is 2. The lowest BCUT2D eigenvalue weighted by atomic mass is 10.1. The maximum absolute atomic E-state index is 13.8. The molecule has 0 saturated heterocycles. The number of nitrogens with zero attached hydrogens (tertiary/aromatic N) is 2. The zero-order valence-electron chi connectivity index (χ0n) is 22.2. The second-order valence-corrected chi connectivity index (χ2v) is 11.4. The van der Waals surface area contributed by atoms with Crippen LogP contribution in [0.4, 0.5) is 5.69 Å². The molecule has 1 N–H and O–H groups in total. The molecular weight excluding hydrogens is 518 g/mol. The Morgan fingerprint density at radius 1 is 1.05 bits per heavy atom. The van der Waals surface area contributed by atoms with Crippen molar-refractivity contribution >= 4 is 39.1 Å². The van der Waals surface area contributed by atoms with Gasteiger partial charge in [-0.2, -0.15) is 0 Å². The summed E-state index contributed by atoms with van der Waals surface area (Å²) in [5, 5.41) is 3.43. The van der Waals surface area contributed by atoms with Crippen molar-refractivity contribution in [2.45, 2.75) is 39.8 Å². The molecule has 9 nitrogen and oxygen atoms in total. The van der Waals surface area contributed by atoms with Gasteiger partial charge < -0.3 is 19.7 Å². The fourth-order valence-electron chi connectivity index (χ4n) is 3.71. The number of benzene rings is 2. The SMILES string of the molecule is CCC(C(=O)NCC(C)C)N(Cc1ccc(Cl)cc1)C(=O)CN(c1ccc(OC)cc1OC)S(C)(=O)=O. The molecule has 0 fully saturated rings. The van der Waals surface area contributed by atoms with Crippen molar-refractivity contribution in [1.29, 1.82) is 0 Å². The molecule has 0 aliphatic rings. The van der Waals surface area contributed by atoms with E-state index in [0.717, 1.165) is 16.1 Å². The van der Waals surface area contributed by atoms with Gasteiger partial charge in [0.1, 0.15) is 24.1 Å². The van der Waals surface area contributed by atoms with E-state index in [9.17, 15) is 18.0 Å². The Bertz CT molecular complexity index is 1170. The van der Waals surface area contributed by atoms with Crippen molar-refractivity contribution in [2.24, 2.45) is 5.92 Å². The molecule has 11 heteroatoms. The molecule has 0 spiro atoms. The fraction of sp³-hybridized carbons (Fsp3) is 0.462. The number of carbonyl (C=O) groups is 2. The van der Waals surface area contributed by atoms with E-state index in [-0.39, 0.29) is 29.8 Å². The molecule has 2 aromatic carbocycles. The van der Waals surface area contributed by atoms with Gasteiger partial charge in [-0.1, -0.05) is 44.5 Å². The lowest BCUT2D eigenvalue weighted by Crippen LogP contribution is -2.52. The maximum atomic E-state index is 13.8. The minimum atomic E-state index is -3.90. The molecule has 0 bridgehead atoms. The van der Waals surface area contributed by atoms with Crippen LogP contribution in [0.15, 0.2) is 42.5 Å². The molecule has 0 saturated carbocycles. The largest absolute Gasteiger partial charge is 0.497 e. The Labute approximate surface area is 224 Å². The summed E-state index contributed by atoms with van der Waals surface area (Å²) < 4.78 is 37.2. The first-order valence-electron chi connectivity index (χ1n) is 11.9. The molecule has 2 amide bonds. The van der Waals surface area contributed by atoms with Crippen molar-refractivity contribution in [2.75, 3.05) is 37.9 Å². The van der Waals surface area contributed by atoms with Gasteiger partial charge in [-0.3, -0.25) is 13.9 Å². The highest BCUT2D eigenvalue weighted by atomic mass is 35.5. The van der Waals surface area contributed by atoms with Crippen LogP contribution in [0.1, 0.15) is 32.8 Å². The smallest absolute Gasteiger partial charge is 0.244 e. The third kappa shape index (κ3) is 8.53. The molecule has 0 aromatic heterocycles. The monoisotopic (exact) mass is 553 g/mol. The van der Waals surface area contributed by atoms with E-state index in [2.05, 4.69) is 5.32 Å². The molecule has 1 unspecified atom stereocenters. The molecule has 37 heavy (non-hydrogen) atoms. The quantitative estimate of drug-likeness (QED) is 0.405. The Morgan fingerprint density at radius 2 is 1.70 bits per heavy atom. The Hall–Kier alpha value is -2.98. The minimum absolute atomic E-state index is 0.0982. The molecule has 0 radical (unpaired) electrons. The zero-order chi connectivity index (χ0) is 27.8. The van der Waals surface area contributed by atoms with Crippen LogP contribution in [0.3, 0.4) is 0 Å². The van der Waals surface area contributed by atoms with Gasteiger partial charge in [-0.25, -0.2) is 8.42 Å². The number of halogens is 1. The standard InChI is InChI=1S/C26H36ClN3O6S/c1-7-22(26(32)28-15-18(2)3)29(16-19-8-10-20(27)11-9-19)25(31)17-30(37(6,33)34)23-13-12-21(35-4)14-24(23)36-5/h8-14,18,22H,7,15-17H2,1-6H3,(H,28,32). The Balaban J connectivity index is 2.48. The van der Waals surface area contributed by atoms with Crippen LogP contribution >= 0.6 is 11.6 Å². The average Bonchev–Trinajstić information content (AvgIpc) is 2.85. The summed E-state index contributed by atoms with van der Waals surface area (Å²) in [6, 6.07) is 10.8. The van der Waals surface area contributed by atoms with Gasteiger partial charge in [0.2, 0.25) is 21.8 Å². The highest BCUT2D eigenvalue weighted by molar-refractivity contribution is 7.92. The Morgan fingerprint density at radius 3 is 2.22 bits per heavy atom. The number of hydrogen-bond donors (Lipinski definition) is 1. The lowest BCUT2D eigenvalue weighted by molar-refractivity contribution is -0.140. The highest BCUT2D eigenvalue weighted by Gasteiger charge is 2.32. The van der Waals surface area contributed by atoms with E-state index in [1.807, 2.05) is 20.8 Å². The summed E-state index contributed by atoms with van der Waals surface area (Å²) in [4.78, 5) is 28.3. The van der Waals surface area contributed by atoms with Gasteiger partial charge in [0.15, 0.2) is 0 Å². The fourth-order valence-corrected chi connectivity index (χ4v) is 4.69. The number of rotatable bonds is 13. The van der Waals surface area contributed by atoms with Gasteiger partial charge in [0, 0.05) is 24.2 Å².